The maximum atomic E-state index is 13.9. The summed E-state index contributed by atoms with van der Waals surface area (Å²) in [7, 11) is 1.71. The largest absolute Gasteiger partial charge is 0.754 e. The van der Waals surface area contributed by atoms with Crippen LogP contribution in [0.5, 0.6) is 0 Å². The van der Waals surface area contributed by atoms with Gasteiger partial charge in [0.1, 0.15) is 5.82 Å². The summed E-state index contributed by atoms with van der Waals surface area (Å²) < 4.78 is 44.4. The third-order valence-electron chi connectivity index (χ3n) is 5.80. The van der Waals surface area contributed by atoms with E-state index in [2.05, 4.69) is 15.5 Å². The van der Waals surface area contributed by atoms with Crippen LogP contribution < -0.4 is 5.62 Å². The van der Waals surface area contributed by atoms with Crippen molar-refractivity contribution in [2.24, 2.45) is 11.4 Å². The lowest BCUT2D eigenvalue weighted by atomic mass is 10.0. The number of hydrogen-bond acceptors (Lipinski definition) is 4. The Balaban J connectivity index is 1.97. The fourth-order valence-corrected chi connectivity index (χ4v) is 4.51. The minimum atomic E-state index is -2.72. The van der Waals surface area contributed by atoms with E-state index in [0.29, 0.717) is 33.4 Å². The minimum Gasteiger partial charge on any atom is -0.754 e. The van der Waals surface area contributed by atoms with Gasteiger partial charge in [-0.05, 0) is 60.0 Å². The van der Waals surface area contributed by atoms with Crippen molar-refractivity contribution >= 4 is 33.2 Å². The smallest absolute Gasteiger partial charge is 0.223 e. The van der Waals surface area contributed by atoms with Gasteiger partial charge < -0.3 is 9.12 Å². The Labute approximate surface area is 196 Å². The maximum Gasteiger partial charge on any atom is 0.223 e. The van der Waals surface area contributed by atoms with Crippen LogP contribution in [0, 0.1) is 24.1 Å². The molecular weight excluding hydrogens is 453 g/mol. The molecule has 5 aromatic rings. The Bertz CT molecular complexity index is 1750. The number of aromatic nitrogens is 3. The van der Waals surface area contributed by atoms with Crippen molar-refractivity contribution in [1.82, 2.24) is 14.1 Å². The highest BCUT2D eigenvalue weighted by molar-refractivity contribution is 7.77. The number of halogens is 1. The first-order valence-electron chi connectivity index (χ1n) is 10.3. The first-order chi connectivity index (χ1) is 16.4. The summed E-state index contributed by atoms with van der Waals surface area (Å²) in [6.45, 7) is 1.88. The van der Waals surface area contributed by atoms with Crippen LogP contribution in [-0.4, -0.2) is 22.9 Å². The van der Waals surface area contributed by atoms with Crippen LogP contribution in [0.25, 0.3) is 38.8 Å². The number of imidazole rings is 1. The summed E-state index contributed by atoms with van der Waals surface area (Å²) in [6.07, 6.45) is 1.66. The fourth-order valence-electron chi connectivity index (χ4n) is 4.17. The van der Waals surface area contributed by atoms with E-state index in [9.17, 15) is 18.4 Å². The van der Waals surface area contributed by atoms with Crippen LogP contribution in [0.3, 0.4) is 0 Å². The van der Waals surface area contributed by atoms with Gasteiger partial charge in [-0.3, -0.25) is 9.55 Å². The zero-order valence-electron chi connectivity index (χ0n) is 18.2. The fraction of sp³-hybridized carbons (Fsp3) is 0.0800. The Hall–Kier alpha value is -4.13. The van der Waals surface area contributed by atoms with Gasteiger partial charge in [0.25, 0.3) is 0 Å². The molecule has 5 rings (SSSR count). The van der Waals surface area contributed by atoms with Crippen molar-refractivity contribution in [1.29, 1.82) is 5.26 Å². The molecule has 2 heterocycles. The molecule has 0 saturated heterocycles. The highest BCUT2D eigenvalue weighted by Crippen LogP contribution is 2.31. The number of nitriles is 1. The number of hydrogen-bond donors (Lipinski definition) is 0. The predicted molar refractivity (Wildman–Crippen MR) is 127 cm³/mol. The molecule has 0 fully saturated rings. The molecule has 3 aromatic carbocycles. The first-order valence-corrected chi connectivity index (χ1v) is 11.3. The van der Waals surface area contributed by atoms with Gasteiger partial charge in [-0.2, -0.15) is 9.66 Å². The van der Waals surface area contributed by atoms with Crippen molar-refractivity contribution in [3.05, 3.63) is 89.4 Å². The van der Waals surface area contributed by atoms with E-state index in [1.54, 1.807) is 46.6 Å². The average molecular weight is 471 g/mol. The van der Waals surface area contributed by atoms with Crippen LogP contribution >= 0.6 is 0 Å². The van der Waals surface area contributed by atoms with Crippen molar-refractivity contribution in [3.8, 4) is 22.9 Å². The number of benzene rings is 3. The molecule has 34 heavy (non-hydrogen) atoms. The third-order valence-corrected chi connectivity index (χ3v) is 6.11. The Kier molecular flexibility index (Phi) is 5.32. The lowest BCUT2D eigenvalue weighted by Crippen LogP contribution is -2.24. The summed E-state index contributed by atoms with van der Waals surface area (Å²) in [6, 6.07) is 19.2. The molecule has 2 aromatic heterocycles. The van der Waals surface area contributed by atoms with Gasteiger partial charge in [0.05, 0.1) is 51.3 Å². The first kappa shape index (κ1) is 21.7. The molecule has 1 atom stereocenters. The van der Waals surface area contributed by atoms with Gasteiger partial charge in [0, 0.05) is 12.4 Å². The SMILES string of the molecule is Cc1ccc(C#N)cc1-n1c(=NS(=O)[O-])n(C)c2cnc3ccc(-c4cccc(F)c4)cc3c21. The van der Waals surface area contributed by atoms with E-state index in [4.69, 9.17) is 0 Å². The van der Waals surface area contributed by atoms with E-state index in [0.717, 1.165) is 16.5 Å². The number of nitrogens with zero attached hydrogens (tertiary/aromatic N) is 5. The van der Waals surface area contributed by atoms with Gasteiger partial charge in [-0.15, -0.1) is 0 Å². The second kappa shape index (κ2) is 8.33. The highest BCUT2D eigenvalue weighted by Gasteiger charge is 2.18. The maximum absolute atomic E-state index is 13.9. The van der Waals surface area contributed by atoms with E-state index in [1.807, 2.05) is 31.2 Å². The molecule has 7 nitrogen and oxygen atoms in total. The Morgan fingerprint density at radius 1 is 1.12 bits per heavy atom. The predicted octanol–water partition coefficient (Wildman–Crippen LogP) is 4.20. The van der Waals surface area contributed by atoms with E-state index < -0.39 is 11.3 Å². The standard InChI is InChI=1S/C25H18FN5O2S/c1-15-6-7-16(13-27)10-22(15)31-24-20-12-18(17-4-3-5-19(26)11-17)8-9-21(20)28-14-23(24)30(2)25(31)29-34(32)33/h3-12,14H,1-2H3,(H,32,33)/p-1. The van der Waals surface area contributed by atoms with E-state index >= 15 is 0 Å². The molecule has 0 aliphatic carbocycles. The lowest BCUT2D eigenvalue weighted by molar-refractivity contribution is 0.536. The van der Waals surface area contributed by atoms with Crippen LogP contribution in [0.1, 0.15) is 11.1 Å². The van der Waals surface area contributed by atoms with Crippen molar-refractivity contribution in [2.75, 3.05) is 0 Å². The molecule has 9 heteroatoms. The van der Waals surface area contributed by atoms with Gasteiger partial charge >= 0.3 is 0 Å². The summed E-state index contributed by atoms with van der Waals surface area (Å²) in [5.41, 5.74) is 5.53. The lowest BCUT2D eigenvalue weighted by Gasteiger charge is -2.12. The summed E-state index contributed by atoms with van der Waals surface area (Å²) in [5, 5.41) is 10.2. The molecule has 0 aliphatic rings. The summed E-state index contributed by atoms with van der Waals surface area (Å²) in [4.78, 5) is 4.55. The van der Waals surface area contributed by atoms with Crippen LogP contribution in [0.15, 0.2) is 71.3 Å². The quantitative estimate of drug-likeness (QED) is 0.369. The number of pyridine rings is 1. The molecule has 0 saturated carbocycles. The molecule has 0 radical (unpaired) electrons. The van der Waals surface area contributed by atoms with Crippen LogP contribution in [0.2, 0.25) is 0 Å². The average Bonchev–Trinajstić information content (AvgIpc) is 3.10. The van der Waals surface area contributed by atoms with Crippen molar-refractivity contribution < 1.29 is 13.2 Å². The topological polar surface area (TPSA) is 99.0 Å². The van der Waals surface area contributed by atoms with Gasteiger partial charge in [-0.25, -0.2) is 8.60 Å². The number of rotatable bonds is 3. The van der Waals surface area contributed by atoms with Crippen LogP contribution in [0.4, 0.5) is 4.39 Å². The summed E-state index contributed by atoms with van der Waals surface area (Å²) >= 11 is -2.72. The minimum absolute atomic E-state index is 0.159. The van der Waals surface area contributed by atoms with Gasteiger partial charge in [0.15, 0.2) is 0 Å². The molecule has 168 valence electrons. The highest BCUT2D eigenvalue weighted by atomic mass is 32.2. The van der Waals surface area contributed by atoms with Crippen molar-refractivity contribution in [2.45, 2.75) is 6.92 Å². The van der Waals surface area contributed by atoms with Crippen molar-refractivity contribution in [3.63, 3.8) is 0 Å². The normalized spacial score (nSPS) is 12.9. The molecule has 0 amide bonds. The van der Waals surface area contributed by atoms with E-state index in [1.165, 1.54) is 12.1 Å². The van der Waals surface area contributed by atoms with Crippen LogP contribution in [-0.2, 0) is 18.3 Å². The second-order valence-electron chi connectivity index (χ2n) is 7.85. The Morgan fingerprint density at radius 3 is 2.65 bits per heavy atom. The second-order valence-corrected chi connectivity index (χ2v) is 8.47. The Morgan fingerprint density at radius 2 is 1.91 bits per heavy atom. The third kappa shape index (κ3) is 3.59. The molecule has 0 aliphatic heterocycles. The molecule has 1 unspecified atom stereocenters. The molecular formula is C25H17FN5O2S-. The molecule has 0 N–H and O–H groups in total. The monoisotopic (exact) mass is 470 g/mol. The number of aryl methyl sites for hydroxylation is 2. The zero-order chi connectivity index (χ0) is 24.0. The molecule has 0 spiro atoms. The zero-order valence-corrected chi connectivity index (χ0v) is 19.0. The van der Waals surface area contributed by atoms with E-state index in [-0.39, 0.29) is 11.4 Å². The van der Waals surface area contributed by atoms with Gasteiger partial charge in [0.2, 0.25) is 5.62 Å². The molecule has 0 bridgehead atoms. The summed E-state index contributed by atoms with van der Waals surface area (Å²) in [5.74, 6) is -0.341. The van der Waals surface area contributed by atoms with Gasteiger partial charge in [-0.1, -0.05) is 24.3 Å². The number of fused-ring (bicyclic) bond motifs is 3.